The van der Waals surface area contributed by atoms with Gasteiger partial charge in [-0.15, -0.1) is 0 Å². The first-order chi connectivity index (χ1) is 10.9. The summed E-state index contributed by atoms with van der Waals surface area (Å²) in [5.74, 6) is 0.00187. The van der Waals surface area contributed by atoms with Crippen LogP contribution in [-0.4, -0.2) is 34.0 Å². The van der Waals surface area contributed by atoms with Crippen LogP contribution in [0.1, 0.15) is 22.7 Å². The van der Waals surface area contributed by atoms with E-state index in [1.165, 1.54) is 5.56 Å². The highest BCUT2D eigenvalue weighted by atomic mass is 32.2. The minimum absolute atomic E-state index is 0.00106. The van der Waals surface area contributed by atoms with Gasteiger partial charge in [0.25, 0.3) is 0 Å². The number of benzene rings is 2. The van der Waals surface area contributed by atoms with Gasteiger partial charge < -0.3 is 4.90 Å². The first-order valence-corrected chi connectivity index (χ1v) is 9.27. The SMILES string of the molecule is Cc1ccc(C(CNS(=O)(=O)Cc2ccccc2)N(C)C)cc1. The molecule has 1 unspecified atom stereocenters. The number of nitrogens with one attached hydrogen (secondary N) is 1. The molecule has 0 saturated carbocycles. The summed E-state index contributed by atoms with van der Waals surface area (Å²) in [7, 11) is 0.553. The molecule has 0 aliphatic heterocycles. The van der Waals surface area contributed by atoms with E-state index in [0.29, 0.717) is 6.54 Å². The van der Waals surface area contributed by atoms with Crippen LogP contribution in [0.25, 0.3) is 0 Å². The lowest BCUT2D eigenvalue weighted by atomic mass is 10.0. The van der Waals surface area contributed by atoms with Crippen molar-refractivity contribution >= 4 is 10.0 Å². The van der Waals surface area contributed by atoms with Crippen LogP contribution >= 0.6 is 0 Å². The largest absolute Gasteiger partial charge is 0.301 e. The summed E-state index contributed by atoms with van der Waals surface area (Å²) >= 11 is 0. The Morgan fingerprint density at radius 2 is 1.61 bits per heavy atom. The van der Waals surface area contributed by atoms with Gasteiger partial charge in [-0.1, -0.05) is 60.2 Å². The van der Waals surface area contributed by atoms with E-state index >= 15 is 0 Å². The molecule has 1 N–H and O–H groups in total. The van der Waals surface area contributed by atoms with Crippen LogP contribution in [-0.2, 0) is 15.8 Å². The molecule has 0 spiro atoms. The van der Waals surface area contributed by atoms with Gasteiger partial charge in [-0.05, 0) is 32.1 Å². The average molecular weight is 332 g/mol. The minimum Gasteiger partial charge on any atom is -0.301 e. The highest BCUT2D eigenvalue weighted by Crippen LogP contribution is 2.18. The maximum Gasteiger partial charge on any atom is 0.215 e. The molecule has 0 amide bonds. The summed E-state index contributed by atoms with van der Waals surface area (Å²) in [6.07, 6.45) is 0. The van der Waals surface area contributed by atoms with Gasteiger partial charge in [0.05, 0.1) is 5.75 Å². The molecule has 23 heavy (non-hydrogen) atoms. The molecule has 124 valence electrons. The van der Waals surface area contributed by atoms with Gasteiger partial charge in [-0.3, -0.25) is 0 Å². The third-order valence-electron chi connectivity index (χ3n) is 3.78. The molecule has 0 fully saturated rings. The molecule has 2 rings (SSSR count). The van der Waals surface area contributed by atoms with Crippen molar-refractivity contribution in [2.75, 3.05) is 20.6 Å². The zero-order valence-corrected chi connectivity index (χ0v) is 14.7. The predicted molar refractivity (Wildman–Crippen MR) is 94.7 cm³/mol. The Kier molecular flexibility index (Phi) is 5.93. The lowest BCUT2D eigenvalue weighted by Crippen LogP contribution is -2.35. The van der Waals surface area contributed by atoms with Crippen molar-refractivity contribution in [3.8, 4) is 0 Å². The lowest BCUT2D eigenvalue weighted by Gasteiger charge is -2.25. The number of sulfonamides is 1. The molecular formula is C18H24N2O2S. The molecular weight excluding hydrogens is 308 g/mol. The van der Waals surface area contributed by atoms with E-state index in [0.717, 1.165) is 11.1 Å². The summed E-state index contributed by atoms with van der Waals surface area (Å²) in [4.78, 5) is 2.02. The van der Waals surface area contributed by atoms with Crippen molar-refractivity contribution in [3.05, 3.63) is 71.3 Å². The smallest absolute Gasteiger partial charge is 0.215 e. The fourth-order valence-corrected chi connectivity index (χ4v) is 3.58. The molecule has 0 aliphatic carbocycles. The zero-order valence-electron chi connectivity index (χ0n) is 13.9. The van der Waals surface area contributed by atoms with Gasteiger partial charge in [0.15, 0.2) is 0 Å². The molecule has 0 saturated heterocycles. The predicted octanol–water partition coefficient (Wildman–Crippen LogP) is 2.72. The topological polar surface area (TPSA) is 49.4 Å². The van der Waals surface area contributed by atoms with Gasteiger partial charge in [0.1, 0.15) is 0 Å². The van der Waals surface area contributed by atoms with E-state index in [-0.39, 0.29) is 11.8 Å². The summed E-state index contributed by atoms with van der Waals surface area (Å²) in [6, 6.07) is 17.4. The molecule has 0 aliphatic rings. The molecule has 0 radical (unpaired) electrons. The first-order valence-electron chi connectivity index (χ1n) is 7.61. The Morgan fingerprint density at radius 3 is 2.17 bits per heavy atom. The average Bonchev–Trinajstić information content (AvgIpc) is 2.49. The van der Waals surface area contributed by atoms with Crippen LogP contribution in [0, 0.1) is 6.92 Å². The first kappa shape index (κ1) is 17.7. The molecule has 2 aromatic carbocycles. The summed E-state index contributed by atoms with van der Waals surface area (Å²) < 4.78 is 27.3. The van der Waals surface area contributed by atoms with Crippen LogP contribution < -0.4 is 4.72 Å². The van der Waals surface area contributed by atoms with E-state index in [1.54, 1.807) is 0 Å². The Morgan fingerprint density at radius 1 is 1.00 bits per heavy atom. The Labute approximate surface area is 139 Å². The quantitative estimate of drug-likeness (QED) is 0.848. The number of nitrogens with zero attached hydrogens (tertiary/aromatic N) is 1. The normalized spacial score (nSPS) is 13.2. The number of rotatable bonds is 7. The lowest BCUT2D eigenvalue weighted by molar-refractivity contribution is 0.299. The van der Waals surface area contributed by atoms with Crippen molar-refractivity contribution < 1.29 is 8.42 Å². The molecule has 0 aromatic heterocycles. The van der Waals surface area contributed by atoms with Gasteiger partial charge in [0.2, 0.25) is 10.0 Å². The second-order valence-electron chi connectivity index (χ2n) is 5.98. The van der Waals surface area contributed by atoms with E-state index in [1.807, 2.05) is 80.5 Å². The molecule has 0 heterocycles. The second-order valence-corrected chi connectivity index (χ2v) is 7.79. The highest BCUT2D eigenvalue weighted by molar-refractivity contribution is 7.88. The summed E-state index contributed by atoms with van der Waals surface area (Å²) in [5, 5.41) is 0. The van der Waals surface area contributed by atoms with Gasteiger partial charge in [-0.25, -0.2) is 13.1 Å². The van der Waals surface area contributed by atoms with Crippen molar-refractivity contribution in [2.45, 2.75) is 18.7 Å². The molecule has 4 nitrogen and oxygen atoms in total. The van der Waals surface area contributed by atoms with E-state index in [9.17, 15) is 8.42 Å². The summed E-state index contributed by atoms with van der Waals surface area (Å²) in [6.45, 7) is 2.39. The van der Waals surface area contributed by atoms with Crippen molar-refractivity contribution in [1.82, 2.24) is 9.62 Å². The second kappa shape index (κ2) is 7.73. The molecule has 0 bridgehead atoms. The van der Waals surface area contributed by atoms with Gasteiger partial charge in [-0.2, -0.15) is 0 Å². The van der Waals surface area contributed by atoms with E-state index < -0.39 is 10.0 Å². The molecule has 2 aromatic rings. The van der Waals surface area contributed by atoms with Crippen LogP contribution in [0.5, 0.6) is 0 Å². The number of aryl methyl sites for hydroxylation is 1. The minimum atomic E-state index is -3.36. The maximum atomic E-state index is 12.3. The summed E-state index contributed by atoms with van der Waals surface area (Å²) in [5.41, 5.74) is 3.08. The maximum absolute atomic E-state index is 12.3. The van der Waals surface area contributed by atoms with Gasteiger partial charge >= 0.3 is 0 Å². The third-order valence-corrected chi connectivity index (χ3v) is 5.10. The van der Waals surface area contributed by atoms with E-state index in [4.69, 9.17) is 0 Å². The van der Waals surface area contributed by atoms with E-state index in [2.05, 4.69) is 4.72 Å². The number of hydrogen-bond acceptors (Lipinski definition) is 3. The van der Waals surface area contributed by atoms with Crippen LogP contribution in [0.4, 0.5) is 0 Å². The standard InChI is InChI=1S/C18H24N2O2S/c1-15-9-11-17(12-10-15)18(20(2)3)13-19-23(21,22)14-16-7-5-4-6-8-16/h4-12,18-19H,13-14H2,1-3H3. The Hall–Kier alpha value is -1.69. The fourth-order valence-electron chi connectivity index (χ4n) is 2.44. The molecule has 1 atom stereocenters. The number of likely N-dealkylation sites (N-methyl/N-ethyl adjacent to an activating group) is 1. The number of hydrogen-bond donors (Lipinski definition) is 1. The van der Waals surface area contributed by atoms with Crippen LogP contribution in [0.3, 0.4) is 0 Å². The molecule has 5 heteroatoms. The van der Waals surface area contributed by atoms with Crippen LogP contribution in [0.2, 0.25) is 0 Å². The van der Waals surface area contributed by atoms with Crippen molar-refractivity contribution in [1.29, 1.82) is 0 Å². The Bertz CT molecular complexity index is 710. The fraction of sp³-hybridized carbons (Fsp3) is 0.333. The van der Waals surface area contributed by atoms with Gasteiger partial charge in [0, 0.05) is 12.6 Å². The highest BCUT2D eigenvalue weighted by Gasteiger charge is 2.18. The van der Waals surface area contributed by atoms with Crippen LogP contribution in [0.15, 0.2) is 54.6 Å². The third kappa shape index (κ3) is 5.46. The Balaban J connectivity index is 2.05. The van der Waals surface area contributed by atoms with Crippen molar-refractivity contribution in [2.24, 2.45) is 0 Å². The monoisotopic (exact) mass is 332 g/mol. The van der Waals surface area contributed by atoms with Crippen molar-refractivity contribution in [3.63, 3.8) is 0 Å². The zero-order chi connectivity index (χ0) is 16.9.